The molecule has 0 atom stereocenters. The van der Waals surface area contributed by atoms with E-state index in [0.29, 0.717) is 12.3 Å². The highest BCUT2D eigenvalue weighted by molar-refractivity contribution is 5.91. The Labute approximate surface area is 161 Å². The van der Waals surface area contributed by atoms with Crippen LogP contribution >= 0.6 is 0 Å². The van der Waals surface area contributed by atoms with Gasteiger partial charge in [-0.3, -0.25) is 4.79 Å². The summed E-state index contributed by atoms with van der Waals surface area (Å²) in [6.07, 6.45) is 6.25. The summed E-state index contributed by atoms with van der Waals surface area (Å²) in [5, 5.41) is 2.98. The van der Waals surface area contributed by atoms with Crippen molar-refractivity contribution in [2.75, 3.05) is 5.32 Å². The van der Waals surface area contributed by atoms with Gasteiger partial charge in [-0.05, 0) is 55.0 Å². The topological polar surface area (TPSA) is 55.1 Å². The van der Waals surface area contributed by atoms with E-state index in [2.05, 4.69) is 16.4 Å². The summed E-state index contributed by atoms with van der Waals surface area (Å²) in [5.74, 6) is -0.934. The van der Waals surface area contributed by atoms with Crippen molar-refractivity contribution >= 4 is 11.6 Å². The predicted molar refractivity (Wildman–Crippen MR) is 102 cm³/mol. The van der Waals surface area contributed by atoms with Crippen molar-refractivity contribution in [1.29, 1.82) is 0 Å². The number of amides is 1. The summed E-state index contributed by atoms with van der Waals surface area (Å²) in [6, 6.07) is 9.29. The minimum absolute atomic E-state index is 0.119. The zero-order valence-electron chi connectivity index (χ0n) is 15.3. The third-order valence-electron chi connectivity index (χ3n) is 4.99. The largest absolute Gasteiger partial charge is 0.441 e. The molecule has 0 unspecified atom stereocenters. The van der Waals surface area contributed by atoms with Crippen LogP contribution in [-0.2, 0) is 24.1 Å². The molecule has 0 saturated heterocycles. The Morgan fingerprint density at radius 2 is 2.00 bits per heavy atom. The molecular formula is C22H20F2N2O2. The molecule has 0 saturated carbocycles. The lowest BCUT2D eigenvalue weighted by Crippen LogP contribution is -2.15. The molecule has 1 heterocycles. The van der Waals surface area contributed by atoms with Gasteiger partial charge < -0.3 is 9.73 Å². The second-order valence-corrected chi connectivity index (χ2v) is 6.94. The molecule has 4 rings (SSSR count). The number of anilines is 1. The Kier molecular flexibility index (Phi) is 5.19. The number of hydrogen-bond acceptors (Lipinski definition) is 3. The van der Waals surface area contributed by atoms with Crippen LogP contribution in [0, 0.1) is 11.6 Å². The molecule has 4 nitrogen and oxygen atoms in total. The molecule has 1 N–H and O–H groups in total. The molecule has 0 radical (unpaired) electrons. The number of halogens is 2. The normalized spacial score (nSPS) is 13.2. The summed E-state index contributed by atoms with van der Waals surface area (Å²) in [6.45, 7) is 0. The average molecular weight is 382 g/mol. The molecule has 1 amide bonds. The zero-order chi connectivity index (χ0) is 19.5. The van der Waals surface area contributed by atoms with E-state index in [-0.39, 0.29) is 23.7 Å². The zero-order valence-corrected chi connectivity index (χ0v) is 15.3. The van der Waals surface area contributed by atoms with Crippen LogP contribution in [0.2, 0.25) is 0 Å². The number of benzene rings is 2. The number of hydrogen-bond donors (Lipinski definition) is 1. The van der Waals surface area contributed by atoms with Gasteiger partial charge in [0.25, 0.3) is 0 Å². The molecular weight excluding hydrogens is 362 g/mol. The first-order valence-electron chi connectivity index (χ1n) is 9.41. The lowest BCUT2D eigenvalue weighted by atomic mass is 9.90. The number of carbonyl (C=O) groups is 1. The first-order chi connectivity index (χ1) is 13.6. The fourth-order valence-corrected chi connectivity index (χ4v) is 3.57. The van der Waals surface area contributed by atoms with E-state index in [0.717, 1.165) is 37.1 Å². The van der Waals surface area contributed by atoms with Crippen molar-refractivity contribution in [1.82, 2.24) is 4.98 Å². The van der Waals surface area contributed by atoms with E-state index in [1.807, 2.05) is 12.1 Å². The Bertz CT molecular complexity index is 1010. The minimum Gasteiger partial charge on any atom is -0.441 e. The number of carbonyl (C=O) groups excluding carboxylic acids is 1. The molecule has 144 valence electrons. The maximum Gasteiger partial charge on any atom is 0.224 e. The van der Waals surface area contributed by atoms with Gasteiger partial charge >= 0.3 is 0 Å². The van der Waals surface area contributed by atoms with E-state index in [1.165, 1.54) is 29.8 Å². The number of rotatable bonds is 5. The monoisotopic (exact) mass is 382 g/mol. The lowest BCUT2D eigenvalue weighted by Gasteiger charge is -2.19. The Morgan fingerprint density at radius 1 is 1.14 bits per heavy atom. The van der Waals surface area contributed by atoms with Crippen molar-refractivity contribution in [3.8, 4) is 11.3 Å². The summed E-state index contributed by atoms with van der Waals surface area (Å²) >= 11 is 0. The van der Waals surface area contributed by atoms with Crippen LogP contribution in [0.4, 0.5) is 14.5 Å². The van der Waals surface area contributed by atoms with Crippen LogP contribution in [0.3, 0.4) is 0 Å². The Balaban J connectivity index is 1.39. The predicted octanol–water partition coefficient (Wildman–Crippen LogP) is 5.07. The maximum absolute atomic E-state index is 13.8. The van der Waals surface area contributed by atoms with Gasteiger partial charge in [0.05, 0.1) is 11.8 Å². The van der Waals surface area contributed by atoms with Gasteiger partial charge in [0, 0.05) is 24.6 Å². The van der Waals surface area contributed by atoms with E-state index in [1.54, 1.807) is 0 Å². The molecule has 0 aliphatic heterocycles. The highest BCUT2D eigenvalue weighted by Gasteiger charge is 2.16. The van der Waals surface area contributed by atoms with Gasteiger partial charge in [0.1, 0.15) is 11.6 Å². The summed E-state index contributed by atoms with van der Waals surface area (Å²) in [7, 11) is 0. The fourth-order valence-electron chi connectivity index (χ4n) is 3.57. The summed E-state index contributed by atoms with van der Waals surface area (Å²) < 4.78 is 32.4. The smallest absolute Gasteiger partial charge is 0.224 e. The molecule has 3 aromatic rings. The van der Waals surface area contributed by atoms with Crippen molar-refractivity contribution in [3.05, 3.63) is 71.2 Å². The minimum atomic E-state index is -0.714. The highest BCUT2D eigenvalue weighted by Crippen LogP contribution is 2.28. The van der Waals surface area contributed by atoms with Crippen molar-refractivity contribution < 1.29 is 18.0 Å². The fraction of sp³-hybridized carbons (Fsp3) is 0.273. The number of fused-ring (bicyclic) bond motifs is 1. The molecule has 0 fully saturated rings. The molecule has 28 heavy (non-hydrogen) atoms. The summed E-state index contributed by atoms with van der Waals surface area (Å²) in [5.41, 5.74) is 3.55. The van der Waals surface area contributed by atoms with Gasteiger partial charge in [-0.2, -0.15) is 0 Å². The third kappa shape index (κ3) is 3.96. The van der Waals surface area contributed by atoms with E-state index in [4.69, 9.17) is 4.42 Å². The van der Waals surface area contributed by atoms with Crippen LogP contribution in [0.5, 0.6) is 0 Å². The second kappa shape index (κ2) is 7.92. The van der Waals surface area contributed by atoms with Crippen molar-refractivity contribution in [2.24, 2.45) is 0 Å². The van der Waals surface area contributed by atoms with E-state index in [9.17, 15) is 13.6 Å². The van der Waals surface area contributed by atoms with Crippen LogP contribution in [-0.4, -0.2) is 10.9 Å². The number of oxazole rings is 1. The van der Waals surface area contributed by atoms with Crippen molar-refractivity contribution in [2.45, 2.75) is 38.5 Å². The third-order valence-corrected chi connectivity index (χ3v) is 4.99. The number of aromatic nitrogens is 1. The summed E-state index contributed by atoms with van der Waals surface area (Å²) in [4.78, 5) is 16.5. The number of nitrogens with zero attached hydrogens (tertiary/aromatic N) is 1. The Morgan fingerprint density at radius 3 is 2.86 bits per heavy atom. The first kappa shape index (κ1) is 18.3. The SMILES string of the molecule is O=C(CCc1ncc(-c2ccc(F)cc2F)o1)Nc1cccc2c1CCCC2. The standard InChI is InChI=1S/C22H20F2N2O2/c23-15-8-9-17(18(24)12-15)20-13-25-22(28-20)11-10-21(27)26-19-7-3-5-14-4-1-2-6-16(14)19/h3,5,7-9,12-13H,1-2,4,6,10-11H2,(H,26,27). The first-order valence-corrected chi connectivity index (χ1v) is 9.41. The molecule has 1 aliphatic carbocycles. The van der Waals surface area contributed by atoms with Crippen LogP contribution < -0.4 is 5.32 Å². The van der Waals surface area contributed by atoms with Crippen LogP contribution in [0.25, 0.3) is 11.3 Å². The maximum atomic E-state index is 13.8. The molecule has 1 aromatic heterocycles. The molecule has 6 heteroatoms. The molecule has 1 aliphatic rings. The number of nitrogens with one attached hydrogen (secondary N) is 1. The number of aryl methyl sites for hydroxylation is 2. The van der Waals surface area contributed by atoms with Gasteiger partial charge in [0.2, 0.25) is 5.91 Å². The Hall–Kier alpha value is -3.02. The van der Waals surface area contributed by atoms with E-state index < -0.39 is 11.6 Å². The van der Waals surface area contributed by atoms with Crippen molar-refractivity contribution in [3.63, 3.8) is 0 Å². The highest BCUT2D eigenvalue weighted by atomic mass is 19.1. The van der Waals surface area contributed by atoms with Gasteiger partial charge in [-0.1, -0.05) is 12.1 Å². The van der Waals surface area contributed by atoms with Gasteiger partial charge in [0.15, 0.2) is 11.7 Å². The van der Waals surface area contributed by atoms with Gasteiger partial charge in [-0.25, -0.2) is 13.8 Å². The quantitative estimate of drug-likeness (QED) is 0.670. The lowest BCUT2D eigenvalue weighted by molar-refractivity contribution is -0.116. The molecule has 0 bridgehead atoms. The second-order valence-electron chi connectivity index (χ2n) is 6.94. The van der Waals surface area contributed by atoms with Crippen LogP contribution in [0.15, 0.2) is 47.0 Å². The van der Waals surface area contributed by atoms with Crippen LogP contribution in [0.1, 0.15) is 36.3 Å². The van der Waals surface area contributed by atoms with Gasteiger partial charge in [-0.15, -0.1) is 0 Å². The average Bonchev–Trinajstić information content (AvgIpc) is 3.15. The molecule has 0 spiro atoms. The molecule has 2 aromatic carbocycles. The van der Waals surface area contributed by atoms with E-state index >= 15 is 0 Å².